The Bertz CT molecular complexity index is 317. The van der Waals surface area contributed by atoms with Gasteiger partial charge in [0.1, 0.15) is 11.9 Å². The molecule has 1 unspecified atom stereocenters. The van der Waals surface area contributed by atoms with Crippen molar-refractivity contribution in [3.05, 3.63) is 29.8 Å². The summed E-state index contributed by atoms with van der Waals surface area (Å²) in [5.41, 5.74) is 2.66. The lowest BCUT2D eigenvalue weighted by Gasteiger charge is -1.94. The van der Waals surface area contributed by atoms with E-state index in [2.05, 4.69) is 58.0 Å². The molecule has 1 aromatic rings. The molecule has 0 aliphatic carbocycles. The second-order valence-corrected chi connectivity index (χ2v) is 3.71. The van der Waals surface area contributed by atoms with Gasteiger partial charge in [-0.2, -0.15) is 0 Å². The Hall–Kier alpha value is -0.630. The predicted molar refractivity (Wildman–Crippen MR) is 50.0 cm³/mol. The minimum absolute atomic E-state index is 0.392. The van der Waals surface area contributed by atoms with Crippen molar-refractivity contribution in [2.24, 2.45) is 0 Å². The van der Waals surface area contributed by atoms with Crippen LogP contribution in [0.4, 0.5) is 5.69 Å². The predicted octanol–water partition coefficient (Wildman–Crippen LogP) is 2.48. The molecule has 0 bridgehead atoms. The van der Waals surface area contributed by atoms with Crippen molar-refractivity contribution in [3.8, 4) is 0 Å². The van der Waals surface area contributed by atoms with Gasteiger partial charge in [-0.3, -0.25) is 0 Å². The molecule has 1 aromatic carbocycles. The highest BCUT2D eigenvalue weighted by molar-refractivity contribution is 9.09. The Morgan fingerprint density at radius 2 is 2.09 bits per heavy atom. The molecule has 2 heteroatoms. The van der Waals surface area contributed by atoms with Crippen LogP contribution in [-0.4, -0.2) is 17.8 Å². The Labute approximate surface area is 74.5 Å². The standard InChI is InChI=1S/C9H9BrN/c1-11-6-8(10)7-4-2-3-5-9(7)11/h2-6,8H,1H3/q+1. The Balaban J connectivity index is 2.62. The third-order valence-corrected chi connectivity index (χ3v) is 2.70. The van der Waals surface area contributed by atoms with E-state index in [4.69, 9.17) is 0 Å². The highest BCUT2D eigenvalue weighted by Crippen LogP contribution is 2.33. The van der Waals surface area contributed by atoms with E-state index in [0.717, 1.165) is 0 Å². The Morgan fingerprint density at radius 3 is 2.82 bits per heavy atom. The molecule has 0 radical (unpaired) electrons. The lowest BCUT2D eigenvalue weighted by atomic mass is 10.2. The van der Waals surface area contributed by atoms with Gasteiger partial charge in [-0.05, 0) is 0 Å². The molecule has 1 heterocycles. The highest BCUT2D eigenvalue weighted by atomic mass is 79.9. The summed E-state index contributed by atoms with van der Waals surface area (Å²) < 4.78 is 2.15. The van der Waals surface area contributed by atoms with Crippen LogP contribution in [0, 0.1) is 0 Å². The maximum absolute atomic E-state index is 3.58. The number of hydrogen-bond donors (Lipinski definition) is 0. The minimum Gasteiger partial charge on any atom is -0.204 e. The highest BCUT2D eigenvalue weighted by Gasteiger charge is 2.24. The Morgan fingerprint density at radius 1 is 1.36 bits per heavy atom. The number of alkyl halides is 1. The van der Waals surface area contributed by atoms with Crippen molar-refractivity contribution in [1.29, 1.82) is 0 Å². The smallest absolute Gasteiger partial charge is 0.204 e. The van der Waals surface area contributed by atoms with Crippen molar-refractivity contribution >= 4 is 27.8 Å². The van der Waals surface area contributed by atoms with Gasteiger partial charge in [-0.1, -0.05) is 34.1 Å². The summed E-state index contributed by atoms with van der Waals surface area (Å²) in [7, 11) is 2.07. The molecule has 2 rings (SSSR count). The summed E-state index contributed by atoms with van der Waals surface area (Å²) in [6.07, 6.45) is 2.16. The molecule has 0 N–H and O–H groups in total. The number of hydrogen-bond acceptors (Lipinski definition) is 0. The van der Waals surface area contributed by atoms with Crippen molar-refractivity contribution in [2.75, 3.05) is 7.05 Å². The molecule has 0 aromatic heterocycles. The first-order valence-electron chi connectivity index (χ1n) is 3.60. The van der Waals surface area contributed by atoms with E-state index in [9.17, 15) is 0 Å². The van der Waals surface area contributed by atoms with Gasteiger partial charge in [0.15, 0.2) is 6.21 Å². The van der Waals surface area contributed by atoms with Crippen LogP contribution in [-0.2, 0) is 0 Å². The molecule has 1 nitrogen and oxygen atoms in total. The lowest BCUT2D eigenvalue weighted by molar-refractivity contribution is -0.396. The van der Waals surface area contributed by atoms with Crippen LogP contribution in [0.1, 0.15) is 10.4 Å². The van der Waals surface area contributed by atoms with Gasteiger partial charge < -0.3 is 0 Å². The number of halogens is 1. The SMILES string of the molecule is C[N+]1=CC(Br)c2ccccc21. The molecule has 0 saturated carbocycles. The molecular formula is C9H9BrN+. The fourth-order valence-corrected chi connectivity index (χ4v) is 2.14. The zero-order valence-corrected chi connectivity index (χ0v) is 7.88. The number of fused-ring (bicyclic) bond motifs is 1. The van der Waals surface area contributed by atoms with E-state index in [-0.39, 0.29) is 0 Å². The molecule has 0 spiro atoms. The second-order valence-electron chi connectivity index (χ2n) is 2.72. The van der Waals surface area contributed by atoms with Crippen LogP contribution in [0.2, 0.25) is 0 Å². The molecule has 0 fully saturated rings. The summed E-state index contributed by atoms with van der Waals surface area (Å²) >= 11 is 3.58. The zero-order chi connectivity index (χ0) is 7.84. The topological polar surface area (TPSA) is 3.01 Å². The maximum atomic E-state index is 3.58. The quantitative estimate of drug-likeness (QED) is 0.458. The first-order chi connectivity index (χ1) is 5.29. The molecule has 0 saturated heterocycles. The number of nitrogens with zero attached hydrogens (tertiary/aromatic N) is 1. The molecule has 1 aliphatic heterocycles. The van der Waals surface area contributed by atoms with Crippen molar-refractivity contribution in [3.63, 3.8) is 0 Å². The van der Waals surface area contributed by atoms with Crippen molar-refractivity contribution in [1.82, 2.24) is 0 Å². The van der Waals surface area contributed by atoms with Gasteiger partial charge in [0.25, 0.3) is 0 Å². The summed E-state index contributed by atoms with van der Waals surface area (Å²) in [6.45, 7) is 0. The number of benzene rings is 1. The second kappa shape index (κ2) is 2.45. The van der Waals surface area contributed by atoms with Crippen LogP contribution in [0.15, 0.2) is 24.3 Å². The molecule has 1 aliphatic rings. The summed E-state index contributed by atoms with van der Waals surface area (Å²) in [6, 6.07) is 8.41. The molecule has 1 atom stereocenters. The van der Waals surface area contributed by atoms with Crippen LogP contribution >= 0.6 is 15.9 Å². The van der Waals surface area contributed by atoms with E-state index in [1.807, 2.05) is 0 Å². The average molecular weight is 211 g/mol. The molecule has 56 valence electrons. The van der Waals surface area contributed by atoms with Crippen LogP contribution in [0.25, 0.3) is 0 Å². The van der Waals surface area contributed by atoms with Crippen molar-refractivity contribution in [2.45, 2.75) is 4.83 Å². The van der Waals surface area contributed by atoms with Gasteiger partial charge in [-0.25, -0.2) is 4.58 Å². The first kappa shape index (κ1) is 7.04. The fraction of sp³-hybridized carbons (Fsp3) is 0.222. The van der Waals surface area contributed by atoms with E-state index in [1.165, 1.54) is 11.3 Å². The van der Waals surface area contributed by atoms with Crippen LogP contribution in [0.5, 0.6) is 0 Å². The number of para-hydroxylation sites is 1. The van der Waals surface area contributed by atoms with Gasteiger partial charge in [-0.15, -0.1) is 0 Å². The summed E-state index contributed by atoms with van der Waals surface area (Å²) in [5.74, 6) is 0. The van der Waals surface area contributed by atoms with E-state index in [1.54, 1.807) is 0 Å². The number of rotatable bonds is 0. The van der Waals surface area contributed by atoms with Crippen LogP contribution in [0.3, 0.4) is 0 Å². The zero-order valence-electron chi connectivity index (χ0n) is 6.29. The normalized spacial score (nSPS) is 21.3. The van der Waals surface area contributed by atoms with E-state index in [0.29, 0.717) is 4.83 Å². The van der Waals surface area contributed by atoms with Gasteiger partial charge in [0.05, 0.1) is 0 Å². The molecular weight excluding hydrogens is 202 g/mol. The van der Waals surface area contributed by atoms with Gasteiger partial charge >= 0.3 is 0 Å². The minimum atomic E-state index is 0.392. The Kier molecular flexibility index (Phi) is 1.57. The maximum Gasteiger partial charge on any atom is 0.209 e. The van der Waals surface area contributed by atoms with Crippen LogP contribution < -0.4 is 0 Å². The summed E-state index contributed by atoms with van der Waals surface area (Å²) in [4.78, 5) is 0.392. The van der Waals surface area contributed by atoms with E-state index < -0.39 is 0 Å². The third-order valence-electron chi connectivity index (χ3n) is 1.97. The summed E-state index contributed by atoms with van der Waals surface area (Å²) in [5, 5.41) is 0. The molecule has 0 amide bonds. The van der Waals surface area contributed by atoms with Gasteiger partial charge in [0, 0.05) is 11.6 Å². The average Bonchev–Trinajstić information content (AvgIpc) is 2.30. The van der Waals surface area contributed by atoms with Crippen molar-refractivity contribution < 1.29 is 4.58 Å². The monoisotopic (exact) mass is 210 g/mol. The van der Waals surface area contributed by atoms with E-state index >= 15 is 0 Å². The fourth-order valence-electron chi connectivity index (χ4n) is 1.40. The largest absolute Gasteiger partial charge is 0.209 e. The van der Waals surface area contributed by atoms with Gasteiger partial charge in [0.2, 0.25) is 5.69 Å². The lowest BCUT2D eigenvalue weighted by Crippen LogP contribution is -1.91. The third kappa shape index (κ3) is 1.02. The molecule has 11 heavy (non-hydrogen) atoms. The first-order valence-corrected chi connectivity index (χ1v) is 4.51.